The molecule has 1 saturated heterocycles. The third-order valence-electron chi connectivity index (χ3n) is 7.10. The van der Waals surface area contributed by atoms with Crippen LogP contribution in [0.3, 0.4) is 0 Å². The highest BCUT2D eigenvalue weighted by Crippen LogP contribution is 2.28. The highest BCUT2D eigenvalue weighted by molar-refractivity contribution is 6.07. The van der Waals surface area contributed by atoms with Crippen molar-refractivity contribution in [1.29, 1.82) is 0 Å². The van der Waals surface area contributed by atoms with Crippen molar-refractivity contribution in [3.05, 3.63) is 35.9 Å². The van der Waals surface area contributed by atoms with E-state index in [1.165, 1.54) is 0 Å². The largest absolute Gasteiger partial charge is 0.465 e. The molecule has 2 heterocycles. The number of piperazine rings is 1. The second-order valence-corrected chi connectivity index (χ2v) is 9.35. The van der Waals surface area contributed by atoms with Gasteiger partial charge in [0.25, 0.3) is 5.91 Å². The lowest BCUT2D eigenvalue weighted by molar-refractivity contribution is -0.134. The Morgan fingerprint density at radius 1 is 0.943 bits per heavy atom. The van der Waals surface area contributed by atoms with E-state index in [1.54, 1.807) is 4.90 Å². The first-order valence-electron chi connectivity index (χ1n) is 12.2. The fraction of sp³-hybridized carbons (Fsp3) is 0.520. The smallest absolute Gasteiger partial charge is 0.404 e. The first kappa shape index (κ1) is 24.7. The summed E-state index contributed by atoms with van der Waals surface area (Å²) in [5.74, 6) is 1.04. The van der Waals surface area contributed by atoms with Gasteiger partial charge >= 0.3 is 6.09 Å². The van der Waals surface area contributed by atoms with Gasteiger partial charge in [-0.2, -0.15) is 0 Å². The number of amides is 3. The number of carbonyl (C=O) groups is 3. The molecule has 3 amide bonds. The van der Waals surface area contributed by atoms with Gasteiger partial charge in [0.15, 0.2) is 0 Å². The minimum absolute atomic E-state index is 0.131. The summed E-state index contributed by atoms with van der Waals surface area (Å²) in [6.45, 7) is 2.75. The van der Waals surface area contributed by atoms with Crippen LogP contribution in [-0.2, 0) is 4.79 Å². The van der Waals surface area contributed by atoms with Gasteiger partial charge in [-0.15, -0.1) is 0 Å². The molecule has 4 N–H and O–H groups in total. The highest BCUT2D eigenvalue weighted by Gasteiger charge is 2.25. The second kappa shape index (κ2) is 11.4. The molecule has 10 nitrogen and oxygen atoms in total. The van der Waals surface area contributed by atoms with Gasteiger partial charge in [-0.05, 0) is 49.7 Å². The van der Waals surface area contributed by atoms with Gasteiger partial charge < -0.3 is 30.6 Å². The average Bonchev–Trinajstić information content (AvgIpc) is 2.90. The van der Waals surface area contributed by atoms with Gasteiger partial charge in [0.05, 0.1) is 11.1 Å². The van der Waals surface area contributed by atoms with E-state index < -0.39 is 12.7 Å². The molecule has 188 valence electrons. The lowest BCUT2D eigenvalue weighted by atomic mass is 9.82. The van der Waals surface area contributed by atoms with Crippen LogP contribution in [0.2, 0.25) is 0 Å². The van der Waals surface area contributed by atoms with Gasteiger partial charge in [-0.25, -0.2) is 9.78 Å². The zero-order valence-corrected chi connectivity index (χ0v) is 19.8. The number of carbonyl (C=O) groups excluding carboxylic acids is 2. The fourth-order valence-corrected chi connectivity index (χ4v) is 5.00. The molecule has 1 aromatic carbocycles. The van der Waals surface area contributed by atoms with Crippen molar-refractivity contribution >= 4 is 34.6 Å². The quantitative estimate of drug-likeness (QED) is 0.471. The summed E-state index contributed by atoms with van der Waals surface area (Å²) < 4.78 is 0. The van der Waals surface area contributed by atoms with Crippen LogP contribution in [0.4, 0.5) is 10.6 Å². The zero-order chi connectivity index (χ0) is 24.8. The van der Waals surface area contributed by atoms with Gasteiger partial charge in [-0.3, -0.25) is 9.59 Å². The molecule has 0 radical (unpaired) electrons. The molecule has 0 atom stereocenters. The number of para-hydroxylation sites is 1. The molecule has 2 fully saturated rings. The van der Waals surface area contributed by atoms with E-state index in [0.29, 0.717) is 62.5 Å². The standard InChI is InChI=1S/C25H33N5O5/c31-16-23(32)30-11-9-29(10-12-30)22-13-20(19-3-1-2-4-21(19)28-22)24(33)26-14-17-5-7-18(8-6-17)15-27-25(34)35/h1-4,13,17-18,27,31H,5-12,14-16H2,(H,26,33)(H,34,35)/t17-,18-. The Balaban J connectivity index is 1.40. The summed E-state index contributed by atoms with van der Waals surface area (Å²) in [7, 11) is 0. The molecule has 2 aromatic rings. The zero-order valence-electron chi connectivity index (χ0n) is 19.8. The van der Waals surface area contributed by atoms with Crippen molar-refractivity contribution in [3.63, 3.8) is 0 Å². The van der Waals surface area contributed by atoms with E-state index in [1.807, 2.05) is 30.3 Å². The average molecular weight is 484 g/mol. The Labute approximate surface area is 204 Å². The van der Waals surface area contributed by atoms with Crippen LogP contribution in [0.1, 0.15) is 36.0 Å². The molecule has 0 unspecified atom stereocenters. The maximum Gasteiger partial charge on any atom is 0.404 e. The summed E-state index contributed by atoms with van der Waals surface area (Å²) in [5, 5.41) is 24.3. The summed E-state index contributed by atoms with van der Waals surface area (Å²) in [6.07, 6.45) is 2.85. The molecule has 1 saturated carbocycles. The Hall–Kier alpha value is -3.40. The number of aromatic nitrogens is 1. The number of hydrogen-bond acceptors (Lipinski definition) is 6. The number of fused-ring (bicyclic) bond motifs is 1. The Morgan fingerprint density at radius 2 is 1.57 bits per heavy atom. The van der Waals surface area contributed by atoms with Crippen LogP contribution in [0, 0.1) is 11.8 Å². The molecule has 35 heavy (non-hydrogen) atoms. The van der Waals surface area contributed by atoms with E-state index in [9.17, 15) is 14.4 Å². The van der Waals surface area contributed by atoms with E-state index in [0.717, 1.165) is 36.6 Å². The van der Waals surface area contributed by atoms with Gasteiger partial charge in [-0.1, -0.05) is 18.2 Å². The molecule has 0 bridgehead atoms. The van der Waals surface area contributed by atoms with E-state index >= 15 is 0 Å². The van der Waals surface area contributed by atoms with Crippen molar-refractivity contribution in [2.45, 2.75) is 25.7 Å². The molecule has 1 aromatic heterocycles. The van der Waals surface area contributed by atoms with Crippen molar-refractivity contribution in [1.82, 2.24) is 20.5 Å². The minimum atomic E-state index is -0.983. The van der Waals surface area contributed by atoms with Crippen molar-refractivity contribution < 1.29 is 24.6 Å². The number of rotatable bonds is 7. The normalized spacial score (nSPS) is 20.5. The summed E-state index contributed by atoms with van der Waals surface area (Å²) in [5.41, 5.74) is 1.33. The lowest BCUT2D eigenvalue weighted by Gasteiger charge is -2.35. The molecular weight excluding hydrogens is 450 g/mol. The van der Waals surface area contributed by atoms with Crippen molar-refractivity contribution in [2.24, 2.45) is 11.8 Å². The van der Waals surface area contributed by atoms with Crippen molar-refractivity contribution in [2.75, 3.05) is 50.8 Å². The Bertz CT molecular complexity index is 1060. The Morgan fingerprint density at radius 3 is 2.20 bits per heavy atom. The number of aliphatic hydroxyl groups excluding tert-OH is 1. The minimum Gasteiger partial charge on any atom is -0.465 e. The number of nitrogens with zero attached hydrogens (tertiary/aromatic N) is 3. The summed E-state index contributed by atoms with van der Waals surface area (Å²) in [6, 6.07) is 9.42. The maximum atomic E-state index is 13.2. The third-order valence-corrected chi connectivity index (χ3v) is 7.10. The summed E-state index contributed by atoms with van der Waals surface area (Å²) >= 11 is 0. The van der Waals surface area contributed by atoms with Gasteiger partial charge in [0.2, 0.25) is 5.91 Å². The Kier molecular flexibility index (Phi) is 8.02. The molecule has 1 aliphatic heterocycles. The molecule has 4 rings (SSSR count). The first-order valence-corrected chi connectivity index (χ1v) is 12.2. The molecular formula is C25H33N5O5. The highest BCUT2D eigenvalue weighted by atomic mass is 16.4. The van der Waals surface area contributed by atoms with Crippen LogP contribution < -0.4 is 15.5 Å². The molecule has 10 heteroatoms. The lowest BCUT2D eigenvalue weighted by Crippen LogP contribution is -2.49. The monoisotopic (exact) mass is 483 g/mol. The van der Waals surface area contributed by atoms with Crippen LogP contribution in [0.5, 0.6) is 0 Å². The molecule has 1 aliphatic carbocycles. The number of benzene rings is 1. The predicted octanol–water partition coefficient (Wildman–Crippen LogP) is 1.68. The number of carboxylic acid groups (broad SMARTS) is 1. The van der Waals surface area contributed by atoms with E-state index in [-0.39, 0.29) is 11.8 Å². The van der Waals surface area contributed by atoms with Crippen LogP contribution in [-0.4, -0.2) is 83.9 Å². The number of nitrogens with one attached hydrogen (secondary N) is 2. The summed E-state index contributed by atoms with van der Waals surface area (Å²) in [4.78, 5) is 44.2. The van der Waals surface area contributed by atoms with Gasteiger partial charge in [0.1, 0.15) is 12.4 Å². The molecule has 2 aliphatic rings. The van der Waals surface area contributed by atoms with E-state index in [4.69, 9.17) is 15.2 Å². The van der Waals surface area contributed by atoms with E-state index in [2.05, 4.69) is 15.5 Å². The van der Waals surface area contributed by atoms with Crippen LogP contribution in [0.15, 0.2) is 30.3 Å². The SMILES string of the molecule is O=C(O)NC[C@H]1CC[C@H](CNC(=O)c2cc(N3CCN(C(=O)CO)CC3)nc3ccccc23)CC1. The topological polar surface area (TPSA) is 135 Å². The number of anilines is 1. The predicted molar refractivity (Wildman–Crippen MR) is 131 cm³/mol. The molecule has 0 spiro atoms. The number of aliphatic hydroxyl groups is 1. The second-order valence-electron chi connectivity index (χ2n) is 9.35. The fourth-order valence-electron chi connectivity index (χ4n) is 5.00. The number of pyridine rings is 1. The van der Waals surface area contributed by atoms with Crippen molar-refractivity contribution in [3.8, 4) is 0 Å². The third kappa shape index (κ3) is 6.19. The first-order chi connectivity index (χ1) is 16.9. The maximum absolute atomic E-state index is 13.2. The van der Waals surface area contributed by atoms with Crippen LogP contribution in [0.25, 0.3) is 10.9 Å². The number of hydrogen-bond donors (Lipinski definition) is 4. The van der Waals surface area contributed by atoms with Gasteiger partial charge in [0, 0.05) is 44.7 Å². The van der Waals surface area contributed by atoms with Crippen LogP contribution >= 0.6 is 0 Å².